The van der Waals surface area contributed by atoms with Crippen LogP contribution in [0.2, 0.25) is 0 Å². The number of nitrogens with zero attached hydrogens (tertiary/aromatic N) is 1. The van der Waals surface area contributed by atoms with E-state index in [1.165, 1.54) is 0 Å². The summed E-state index contributed by atoms with van der Waals surface area (Å²) in [4.78, 5) is 3.89. The molecule has 1 N–H and O–H groups in total. The Labute approximate surface area is 37.3 Å². The van der Waals surface area contributed by atoms with E-state index in [0.717, 1.165) is 0 Å². The van der Waals surface area contributed by atoms with Gasteiger partial charge in [-0.25, -0.2) is 0 Å². The van der Waals surface area contributed by atoms with E-state index in [0.29, 0.717) is 0 Å². The zero-order chi connectivity index (χ0) is 4.41. The van der Waals surface area contributed by atoms with Crippen LogP contribution in [-0.2, 0) is 0 Å². The van der Waals surface area contributed by atoms with Crippen molar-refractivity contribution in [2.24, 2.45) is 4.99 Å². The third kappa shape index (κ3) is 0.506. The third-order valence-corrected chi connectivity index (χ3v) is 0.655. The van der Waals surface area contributed by atoms with Crippen molar-refractivity contribution in [1.29, 1.82) is 0 Å². The van der Waals surface area contributed by atoms with Crippen LogP contribution in [0.5, 0.6) is 0 Å². The van der Waals surface area contributed by atoms with Crippen LogP contribution >= 0.6 is 0 Å². The summed E-state index contributed by atoms with van der Waals surface area (Å²) in [6.07, 6.45) is 1.64. The summed E-state index contributed by atoms with van der Waals surface area (Å²) < 4.78 is 0. The van der Waals surface area contributed by atoms with Gasteiger partial charge in [-0.1, -0.05) is 0 Å². The molecule has 2 heteroatoms. The molecule has 0 aromatic carbocycles. The summed E-state index contributed by atoms with van der Waals surface area (Å²) in [5, 5.41) is 2.73. The summed E-state index contributed by atoms with van der Waals surface area (Å²) in [7, 11) is 0. The molecule has 2 nitrogen and oxygen atoms in total. The summed E-state index contributed by atoms with van der Waals surface area (Å²) in [6, 6.07) is 0.255. The highest BCUT2D eigenvalue weighted by atomic mass is 15.0. The van der Waals surface area contributed by atoms with Crippen molar-refractivity contribution >= 4 is 6.34 Å². The van der Waals surface area contributed by atoms with Gasteiger partial charge in [0.15, 0.2) is 0 Å². The molecular weight excluding hydrogens is 76.1 g/mol. The number of rotatable bonds is 0. The standard InChI is InChI=1S/C4H6N2/c1-4-2-5-3-6-4/h3-4H,1H3,(H,5,6). The predicted molar refractivity (Wildman–Crippen MR) is 24.3 cm³/mol. The van der Waals surface area contributed by atoms with Crippen LogP contribution in [0, 0.1) is 6.54 Å². The molecule has 6 heavy (non-hydrogen) atoms. The van der Waals surface area contributed by atoms with Gasteiger partial charge in [-0.15, -0.1) is 0 Å². The number of hydrogen-bond donors (Lipinski definition) is 1. The summed E-state index contributed by atoms with van der Waals surface area (Å²) in [6.45, 7) is 4.82. The van der Waals surface area contributed by atoms with Gasteiger partial charge in [0.25, 0.3) is 0 Å². The zero-order valence-corrected chi connectivity index (χ0v) is 3.60. The Morgan fingerprint density at radius 1 is 2.00 bits per heavy atom. The van der Waals surface area contributed by atoms with Crippen LogP contribution in [0.25, 0.3) is 0 Å². The van der Waals surface area contributed by atoms with Gasteiger partial charge in [0.2, 0.25) is 0 Å². The van der Waals surface area contributed by atoms with Gasteiger partial charge in [-0.05, 0) is 6.92 Å². The zero-order valence-electron chi connectivity index (χ0n) is 3.60. The van der Waals surface area contributed by atoms with Crippen LogP contribution in [-0.4, -0.2) is 12.4 Å². The van der Waals surface area contributed by atoms with Crippen LogP contribution in [0.15, 0.2) is 4.99 Å². The van der Waals surface area contributed by atoms with E-state index in [-0.39, 0.29) is 6.04 Å². The lowest BCUT2D eigenvalue weighted by Crippen LogP contribution is -2.03. The first-order valence-electron chi connectivity index (χ1n) is 1.92. The number of aliphatic imine (C=N–C) groups is 1. The van der Waals surface area contributed by atoms with E-state index < -0.39 is 0 Å². The van der Waals surface area contributed by atoms with E-state index in [9.17, 15) is 0 Å². The van der Waals surface area contributed by atoms with Crippen LogP contribution in [0.4, 0.5) is 0 Å². The minimum absolute atomic E-state index is 0.255. The number of nitrogens with one attached hydrogen (secondary N) is 1. The van der Waals surface area contributed by atoms with Gasteiger partial charge in [-0.2, -0.15) is 0 Å². The van der Waals surface area contributed by atoms with E-state index in [4.69, 9.17) is 0 Å². The Morgan fingerprint density at radius 3 is 3.00 bits per heavy atom. The van der Waals surface area contributed by atoms with Crippen molar-refractivity contribution < 1.29 is 0 Å². The summed E-state index contributed by atoms with van der Waals surface area (Å²) >= 11 is 0. The maximum Gasteiger partial charge on any atom is 0.116 e. The fraction of sp³-hybridized carbons (Fsp3) is 0.500. The second-order valence-electron chi connectivity index (χ2n) is 1.24. The Morgan fingerprint density at radius 2 is 2.83 bits per heavy atom. The Bertz CT molecular complexity index is 67.9. The molecule has 32 valence electrons. The van der Waals surface area contributed by atoms with Gasteiger partial charge >= 0.3 is 0 Å². The predicted octanol–water partition coefficient (Wildman–Crippen LogP) is 0.0452. The first kappa shape index (κ1) is 3.65. The summed E-state index contributed by atoms with van der Waals surface area (Å²) in [5.41, 5.74) is 0. The normalized spacial score (nSPS) is 30.5. The maximum absolute atomic E-state index is 3.89. The van der Waals surface area contributed by atoms with Crippen LogP contribution in [0.3, 0.4) is 0 Å². The molecule has 0 bridgehead atoms. The van der Waals surface area contributed by atoms with Crippen LogP contribution in [0.1, 0.15) is 6.92 Å². The molecule has 0 fully saturated rings. The van der Waals surface area contributed by atoms with E-state index in [1.54, 1.807) is 6.34 Å². The van der Waals surface area contributed by atoms with Crippen molar-refractivity contribution in [3.63, 3.8) is 0 Å². The van der Waals surface area contributed by atoms with E-state index in [1.807, 2.05) is 6.92 Å². The molecule has 0 saturated carbocycles. The average molecular weight is 82.1 g/mol. The van der Waals surface area contributed by atoms with Crippen molar-refractivity contribution in [3.05, 3.63) is 6.54 Å². The average Bonchev–Trinajstić information content (AvgIpc) is 1.86. The molecule has 0 aromatic rings. The molecule has 0 spiro atoms. The first-order valence-corrected chi connectivity index (χ1v) is 1.92. The topological polar surface area (TPSA) is 24.4 Å². The lowest BCUT2D eigenvalue weighted by molar-refractivity contribution is 0.864. The molecule has 1 aliphatic rings. The third-order valence-electron chi connectivity index (χ3n) is 0.655. The largest absolute Gasteiger partial charge is 0.364 e. The first-order chi connectivity index (χ1) is 2.89. The van der Waals surface area contributed by atoms with Crippen molar-refractivity contribution in [2.45, 2.75) is 13.0 Å². The molecule has 0 amide bonds. The summed E-state index contributed by atoms with van der Waals surface area (Å²) in [5.74, 6) is 0. The SMILES string of the molecule is CC1[C]NC=N1. The number of hydrogen-bond acceptors (Lipinski definition) is 2. The second-order valence-corrected chi connectivity index (χ2v) is 1.24. The van der Waals surface area contributed by atoms with Crippen LogP contribution < -0.4 is 5.32 Å². The van der Waals surface area contributed by atoms with Gasteiger partial charge in [0.05, 0.1) is 12.4 Å². The molecule has 0 aliphatic carbocycles. The molecule has 1 aliphatic heterocycles. The van der Waals surface area contributed by atoms with E-state index >= 15 is 0 Å². The molecule has 1 atom stereocenters. The molecule has 0 saturated heterocycles. The van der Waals surface area contributed by atoms with Gasteiger partial charge in [0, 0.05) is 0 Å². The van der Waals surface area contributed by atoms with Gasteiger partial charge in [-0.3, -0.25) is 4.99 Å². The Balaban J connectivity index is 2.38. The fourth-order valence-electron chi connectivity index (χ4n) is 0.344. The monoisotopic (exact) mass is 82.1 g/mol. The van der Waals surface area contributed by atoms with Crippen molar-refractivity contribution in [1.82, 2.24) is 5.32 Å². The molecule has 2 radical (unpaired) electrons. The van der Waals surface area contributed by atoms with Crippen molar-refractivity contribution in [2.75, 3.05) is 0 Å². The lowest BCUT2D eigenvalue weighted by Gasteiger charge is -1.86. The second kappa shape index (κ2) is 1.29. The molecule has 1 heterocycles. The lowest BCUT2D eigenvalue weighted by atomic mass is 10.4. The molecule has 0 aromatic heterocycles. The highest BCUT2D eigenvalue weighted by Crippen LogP contribution is 1.93. The maximum atomic E-state index is 3.89. The Hall–Kier alpha value is -0.530. The molecular formula is C4H6N2. The Kier molecular flexibility index (Phi) is 0.783. The minimum Gasteiger partial charge on any atom is -0.364 e. The highest BCUT2D eigenvalue weighted by Gasteiger charge is 2.00. The van der Waals surface area contributed by atoms with Gasteiger partial charge in [0.1, 0.15) is 6.54 Å². The quantitative estimate of drug-likeness (QED) is 0.438. The van der Waals surface area contributed by atoms with Crippen molar-refractivity contribution in [3.8, 4) is 0 Å². The molecule has 1 rings (SSSR count). The minimum atomic E-state index is 0.255. The van der Waals surface area contributed by atoms with Gasteiger partial charge < -0.3 is 5.32 Å². The fourth-order valence-corrected chi connectivity index (χ4v) is 0.344. The highest BCUT2D eigenvalue weighted by molar-refractivity contribution is 5.58. The smallest absolute Gasteiger partial charge is 0.116 e. The van der Waals surface area contributed by atoms with E-state index in [2.05, 4.69) is 16.9 Å². The molecule has 1 unspecified atom stereocenters.